The maximum Gasteiger partial charge on any atom is 0.305 e. The van der Waals surface area contributed by atoms with Crippen molar-refractivity contribution in [2.45, 2.75) is 12.8 Å². The minimum atomic E-state index is -0.216. The number of carbonyl (C=O) groups excluding carboxylic acids is 1. The largest absolute Gasteiger partial charge is 0.469 e. The minimum absolute atomic E-state index is 0.216. The van der Waals surface area contributed by atoms with Crippen LogP contribution in [0, 0.1) is 11.5 Å². The van der Waals surface area contributed by atoms with E-state index in [1.165, 1.54) is 18.9 Å². The number of amidine groups is 1. The molecule has 0 rings (SSSR count). The van der Waals surface area contributed by atoms with Gasteiger partial charge < -0.3 is 9.64 Å². The predicted molar refractivity (Wildman–Crippen MR) is 60.4 cm³/mol. The predicted octanol–water partition coefficient (Wildman–Crippen LogP) is 1.07. The molecule has 0 bridgehead atoms. The van der Waals surface area contributed by atoms with E-state index < -0.39 is 0 Å². The molecule has 0 amide bonds. The smallest absolute Gasteiger partial charge is 0.305 e. The van der Waals surface area contributed by atoms with Crippen molar-refractivity contribution in [3.63, 3.8) is 0 Å². The zero-order valence-electron chi connectivity index (χ0n) is 9.19. The molecule has 0 unspecified atom stereocenters. The first-order valence-electron chi connectivity index (χ1n) is 4.44. The van der Waals surface area contributed by atoms with Crippen LogP contribution in [0.25, 0.3) is 0 Å². The van der Waals surface area contributed by atoms with Crippen LogP contribution in [0.15, 0.2) is 4.99 Å². The number of aliphatic imine (C=N–C) groups is 1. The molecule has 0 radical (unpaired) electrons. The van der Waals surface area contributed by atoms with Crippen molar-refractivity contribution in [3.8, 4) is 6.19 Å². The van der Waals surface area contributed by atoms with E-state index in [9.17, 15) is 4.79 Å². The molecule has 0 heterocycles. The van der Waals surface area contributed by atoms with Crippen LogP contribution in [-0.4, -0.2) is 43.0 Å². The first-order valence-corrected chi connectivity index (χ1v) is 5.67. The molecule has 0 aromatic carbocycles. The fourth-order valence-electron chi connectivity index (χ4n) is 0.988. The molecule has 0 spiro atoms. The van der Waals surface area contributed by atoms with Crippen molar-refractivity contribution in [3.05, 3.63) is 0 Å². The Morgan fingerprint density at radius 2 is 2.33 bits per heavy atom. The van der Waals surface area contributed by atoms with Gasteiger partial charge in [0.2, 0.25) is 6.19 Å². The van der Waals surface area contributed by atoms with Gasteiger partial charge in [-0.1, -0.05) is 11.8 Å². The number of methoxy groups -OCH3 is 1. The highest BCUT2D eigenvalue weighted by Gasteiger charge is 2.06. The number of rotatable bonds is 4. The SMILES string of the molecule is COC(=O)CCCN(C)C(=NC#N)SC. The van der Waals surface area contributed by atoms with E-state index in [1.807, 2.05) is 18.2 Å². The molecule has 0 aliphatic carbocycles. The number of nitrogens with zero attached hydrogens (tertiary/aromatic N) is 3. The third kappa shape index (κ3) is 5.96. The Hall–Kier alpha value is -1.22. The summed E-state index contributed by atoms with van der Waals surface area (Å²) in [6.45, 7) is 0.677. The Morgan fingerprint density at radius 3 is 2.80 bits per heavy atom. The number of carbonyl (C=O) groups is 1. The first kappa shape index (κ1) is 13.8. The Labute approximate surface area is 94.1 Å². The molecular formula is C9H15N3O2S. The minimum Gasteiger partial charge on any atom is -0.469 e. The van der Waals surface area contributed by atoms with Gasteiger partial charge in [0.05, 0.1) is 7.11 Å². The second kappa shape index (κ2) is 8.12. The summed E-state index contributed by atoms with van der Waals surface area (Å²) in [6, 6.07) is 0. The topological polar surface area (TPSA) is 65.7 Å². The van der Waals surface area contributed by atoms with E-state index in [4.69, 9.17) is 5.26 Å². The summed E-state index contributed by atoms with van der Waals surface area (Å²) in [5, 5.41) is 9.07. The van der Waals surface area contributed by atoms with Crippen molar-refractivity contribution < 1.29 is 9.53 Å². The molecule has 0 N–H and O–H groups in total. The lowest BCUT2D eigenvalue weighted by Crippen LogP contribution is -2.25. The highest BCUT2D eigenvalue weighted by Crippen LogP contribution is 2.04. The highest BCUT2D eigenvalue weighted by molar-refractivity contribution is 8.13. The first-order chi connectivity index (χ1) is 7.15. The zero-order valence-corrected chi connectivity index (χ0v) is 10.0. The number of hydrogen-bond acceptors (Lipinski definition) is 5. The van der Waals surface area contributed by atoms with Crippen LogP contribution in [0.3, 0.4) is 0 Å². The van der Waals surface area contributed by atoms with Gasteiger partial charge >= 0.3 is 5.97 Å². The highest BCUT2D eigenvalue weighted by atomic mass is 32.2. The lowest BCUT2D eigenvalue weighted by molar-refractivity contribution is -0.140. The van der Waals surface area contributed by atoms with Crippen LogP contribution in [0.1, 0.15) is 12.8 Å². The number of esters is 1. The lowest BCUT2D eigenvalue weighted by Gasteiger charge is -2.17. The molecule has 0 aromatic rings. The van der Waals surface area contributed by atoms with Gasteiger partial charge in [-0.15, -0.1) is 4.99 Å². The van der Waals surface area contributed by atoms with Crippen LogP contribution < -0.4 is 0 Å². The molecule has 0 fully saturated rings. The van der Waals surface area contributed by atoms with Crippen LogP contribution in [0.4, 0.5) is 0 Å². The fraction of sp³-hybridized carbons (Fsp3) is 0.667. The standard InChI is InChI=1S/C9H15N3O2S/c1-12(9(15-3)11-7-10)6-4-5-8(13)14-2/h4-6H2,1-3H3. The second-order valence-corrected chi connectivity index (χ2v) is 3.57. The Morgan fingerprint density at radius 1 is 1.67 bits per heavy atom. The van der Waals surface area contributed by atoms with Crippen molar-refractivity contribution in [1.29, 1.82) is 5.26 Å². The average molecular weight is 229 g/mol. The average Bonchev–Trinajstić information content (AvgIpc) is 2.25. The van der Waals surface area contributed by atoms with Gasteiger partial charge in [-0.2, -0.15) is 5.26 Å². The number of thioether (sulfide) groups is 1. The Balaban J connectivity index is 3.92. The second-order valence-electron chi connectivity index (χ2n) is 2.80. The maximum atomic E-state index is 10.8. The molecule has 0 saturated heterocycles. The van der Waals surface area contributed by atoms with Gasteiger partial charge in [-0.05, 0) is 12.7 Å². The van der Waals surface area contributed by atoms with Crippen molar-refractivity contribution in [2.24, 2.45) is 4.99 Å². The van der Waals surface area contributed by atoms with Gasteiger partial charge in [0.1, 0.15) is 0 Å². The quantitative estimate of drug-likeness (QED) is 0.312. The molecule has 15 heavy (non-hydrogen) atoms. The van der Waals surface area contributed by atoms with Gasteiger partial charge in [0, 0.05) is 20.0 Å². The summed E-state index contributed by atoms with van der Waals surface area (Å²) in [6.07, 6.45) is 4.67. The van der Waals surface area contributed by atoms with Gasteiger partial charge in [0.15, 0.2) is 5.17 Å². The van der Waals surface area contributed by atoms with Gasteiger partial charge in [0.25, 0.3) is 0 Å². The normalized spacial score (nSPS) is 10.7. The Kier molecular flexibility index (Phi) is 7.46. The summed E-state index contributed by atoms with van der Waals surface area (Å²) in [5.41, 5.74) is 0. The van der Waals surface area contributed by atoms with E-state index >= 15 is 0 Å². The van der Waals surface area contributed by atoms with E-state index in [2.05, 4.69) is 9.73 Å². The fourth-order valence-corrected chi connectivity index (χ4v) is 1.52. The summed E-state index contributed by atoms with van der Waals surface area (Å²) in [4.78, 5) is 16.3. The Bertz CT molecular complexity index is 273. The third-order valence-electron chi connectivity index (χ3n) is 1.76. The van der Waals surface area contributed by atoms with E-state index in [0.29, 0.717) is 24.6 Å². The van der Waals surface area contributed by atoms with E-state index in [-0.39, 0.29) is 5.97 Å². The van der Waals surface area contributed by atoms with Gasteiger partial charge in [-0.25, -0.2) is 0 Å². The maximum absolute atomic E-state index is 10.8. The molecule has 0 aliphatic heterocycles. The summed E-state index contributed by atoms with van der Waals surface area (Å²) in [5.74, 6) is -0.216. The molecule has 6 heteroatoms. The number of nitriles is 1. The molecule has 0 aromatic heterocycles. The van der Waals surface area contributed by atoms with Gasteiger partial charge in [-0.3, -0.25) is 4.79 Å². The van der Waals surface area contributed by atoms with E-state index in [1.54, 1.807) is 6.19 Å². The third-order valence-corrected chi connectivity index (χ3v) is 2.52. The summed E-state index contributed by atoms with van der Waals surface area (Å²) in [7, 11) is 3.21. The van der Waals surface area contributed by atoms with Crippen molar-refractivity contribution in [2.75, 3.05) is 27.0 Å². The monoisotopic (exact) mass is 229 g/mol. The lowest BCUT2D eigenvalue weighted by atomic mass is 10.3. The van der Waals surface area contributed by atoms with E-state index in [0.717, 1.165) is 0 Å². The summed E-state index contributed by atoms with van der Waals surface area (Å²) >= 11 is 1.40. The van der Waals surface area contributed by atoms with Crippen LogP contribution >= 0.6 is 11.8 Å². The molecule has 84 valence electrons. The number of ether oxygens (including phenoxy) is 1. The molecule has 0 atom stereocenters. The molecule has 0 saturated carbocycles. The van der Waals surface area contributed by atoms with Crippen LogP contribution in [0.2, 0.25) is 0 Å². The zero-order chi connectivity index (χ0) is 11.7. The molecular weight excluding hydrogens is 214 g/mol. The van der Waals surface area contributed by atoms with Crippen molar-refractivity contribution in [1.82, 2.24) is 4.90 Å². The van der Waals surface area contributed by atoms with Crippen LogP contribution in [-0.2, 0) is 9.53 Å². The summed E-state index contributed by atoms with van der Waals surface area (Å²) < 4.78 is 4.52. The molecule has 5 nitrogen and oxygen atoms in total. The van der Waals surface area contributed by atoms with Crippen molar-refractivity contribution >= 4 is 22.9 Å². The van der Waals surface area contributed by atoms with Crippen LogP contribution in [0.5, 0.6) is 0 Å². The number of hydrogen-bond donors (Lipinski definition) is 0. The molecule has 0 aliphatic rings.